The van der Waals surface area contributed by atoms with E-state index in [-0.39, 0.29) is 23.9 Å². The van der Waals surface area contributed by atoms with Gasteiger partial charge in [0.25, 0.3) is 11.8 Å². The number of carbonyl (C=O) groups excluding carboxylic acids is 2. The Kier molecular flexibility index (Phi) is 4.63. The topological polar surface area (TPSA) is 40.6 Å². The van der Waals surface area contributed by atoms with Crippen molar-refractivity contribution in [3.8, 4) is 0 Å². The van der Waals surface area contributed by atoms with Crippen LogP contribution in [0.25, 0.3) is 0 Å². The molecule has 1 aromatic heterocycles. The van der Waals surface area contributed by atoms with Crippen LogP contribution in [0.5, 0.6) is 0 Å². The number of fused-ring (bicyclic) bond motifs is 2. The molecular formula is C22H16F2N2O2S2. The van der Waals surface area contributed by atoms with E-state index in [0.29, 0.717) is 28.4 Å². The molecule has 1 fully saturated rings. The maximum absolute atomic E-state index is 14.3. The first-order valence-corrected chi connectivity index (χ1v) is 11.2. The lowest BCUT2D eigenvalue weighted by Gasteiger charge is -2.33. The van der Waals surface area contributed by atoms with Crippen LogP contribution in [0.1, 0.15) is 20.8 Å². The minimum Gasteiger partial charge on any atom is -0.310 e. The van der Waals surface area contributed by atoms with Crippen LogP contribution in [-0.2, 0) is 16.2 Å². The fourth-order valence-electron chi connectivity index (χ4n) is 4.10. The van der Waals surface area contributed by atoms with Gasteiger partial charge < -0.3 is 9.80 Å². The molecule has 1 spiro atoms. The third-order valence-electron chi connectivity index (χ3n) is 5.46. The van der Waals surface area contributed by atoms with E-state index in [1.165, 1.54) is 46.2 Å². The Hall–Kier alpha value is -2.71. The molecule has 152 valence electrons. The third-order valence-corrected chi connectivity index (χ3v) is 7.73. The van der Waals surface area contributed by atoms with Crippen molar-refractivity contribution in [2.45, 2.75) is 11.4 Å². The van der Waals surface area contributed by atoms with Gasteiger partial charge in [0.05, 0.1) is 17.1 Å². The van der Waals surface area contributed by atoms with Gasteiger partial charge in [0.1, 0.15) is 11.6 Å². The van der Waals surface area contributed by atoms with Gasteiger partial charge in [-0.3, -0.25) is 9.59 Å². The fraction of sp³-hybridized carbons (Fsp3) is 0.182. The van der Waals surface area contributed by atoms with E-state index < -0.39 is 16.5 Å². The van der Waals surface area contributed by atoms with Crippen LogP contribution in [0.15, 0.2) is 60.0 Å². The van der Waals surface area contributed by atoms with Gasteiger partial charge in [-0.1, -0.05) is 30.3 Å². The Morgan fingerprint density at radius 2 is 1.80 bits per heavy atom. The summed E-state index contributed by atoms with van der Waals surface area (Å²) >= 11 is 2.72. The lowest BCUT2D eigenvalue weighted by atomic mass is 10.1. The van der Waals surface area contributed by atoms with Gasteiger partial charge in [-0.15, -0.1) is 23.1 Å². The first kappa shape index (κ1) is 19.3. The molecule has 0 saturated carbocycles. The average Bonchev–Trinajstić information content (AvgIpc) is 3.47. The highest BCUT2D eigenvalue weighted by Crippen LogP contribution is 2.54. The number of rotatable bonds is 3. The van der Waals surface area contributed by atoms with Gasteiger partial charge in [0.15, 0.2) is 4.87 Å². The van der Waals surface area contributed by atoms with Gasteiger partial charge in [0, 0.05) is 23.4 Å². The maximum Gasteiger partial charge on any atom is 0.268 e. The number of thioether (sulfide) groups is 1. The molecule has 5 rings (SSSR count). The summed E-state index contributed by atoms with van der Waals surface area (Å²) in [6.07, 6.45) is 0. The third kappa shape index (κ3) is 2.70. The second kappa shape index (κ2) is 7.21. The molecule has 2 aliphatic rings. The summed E-state index contributed by atoms with van der Waals surface area (Å²) < 4.78 is 28.6. The van der Waals surface area contributed by atoms with E-state index in [1.54, 1.807) is 29.2 Å². The first-order chi connectivity index (χ1) is 14.5. The summed E-state index contributed by atoms with van der Waals surface area (Å²) in [7, 11) is 0. The Balaban J connectivity index is 1.61. The van der Waals surface area contributed by atoms with Crippen molar-refractivity contribution in [2.75, 3.05) is 17.2 Å². The van der Waals surface area contributed by atoms with Crippen molar-refractivity contribution < 1.29 is 18.4 Å². The van der Waals surface area contributed by atoms with Crippen LogP contribution in [-0.4, -0.2) is 29.0 Å². The number of amides is 2. The number of thiophene rings is 1. The summed E-state index contributed by atoms with van der Waals surface area (Å²) in [5.74, 6) is -1.37. The van der Waals surface area contributed by atoms with E-state index in [1.807, 2.05) is 17.5 Å². The van der Waals surface area contributed by atoms with Crippen LogP contribution in [0, 0.1) is 11.6 Å². The molecule has 2 aliphatic heterocycles. The van der Waals surface area contributed by atoms with Crippen molar-refractivity contribution >= 4 is 40.6 Å². The van der Waals surface area contributed by atoms with Crippen LogP contribution in [0.2, 0.25) is 0 Å². The Morgan fingerprint density at radius 3 is 2.53 bits per heavy atom. The first-order valence-electron chi connectivity index (χ1n) is 9.38. The highest BCUT2D eigenvalue weighted by Gasteiger charge is 2.59. The molecule has 0 aliphatic carbocycles. The molecule has 2 aromatic carbocycles. The number of halogens is 2. The number of hydrogen-bond acceptors (Lipinski definition) is 4. The molecule has 0 N–H and O–H groups in total. The van der Waals surface area contributed by atoms with Gasteiger partial charge in [-0.25, -0.2) is 8.78 Å². The Bertz CT molecular complexity index is 1130. The van der Waals surface area contributed by atoms with Crippen molar-refractivity contribution in [3.05, 3.63) is 87.6 Å². The maximum atomic E-state index is 14.3. The van der Waals surface area contributed by atoms with Crippen molar-refractivity contribution in [3.63, 3.8) is 0 Å². The van der Waals surface area contributed by atoms with Crippen LogP contribution in [0.3, 0.4) is 0 Å². The summed E-state index contributed by atoms with van der Waals surface area (Å²) in [5, 5.41) is 1.82. The second-order valence-corrected chi connectivity index (χ2v) is 9.27. The minimum absolute atomic E-state index is 0.170. The monoisotopic (exact) mass is 442 g/mol. The van der Waals surface area contributed by atoms with E-state index in [0.717, 1.165) is 0 Å². The normalized spacial score (nSPS) is 20.3. The van der Waals surface area contributed by atoms with Crippen molar-refractivity contribution in [1.29, 1.82) is 0 Å². The largest absolute Gasteiger partial charge is 0.310 e. The van der Waals surface area contributed by atoms with E-state index in [4.69, 9.17) is 0 Å². The zero-order chi connectivity index (χ0) is 20.9. The van der Waals surface area contributed by atoms with Crippen molar-refractivity contribution in [1.82, 2.24) is 4.90 Å². The number of benzene rings is 2. The Labute approximate surface area is 180 Å². The Morgan fingerprint density at radius 1 is 1.03 bits per heavy atom. The predicted molar refractivity (Wildman–Crippen MR) is 113 cm³/mol. The molecular weight excluding hydrogens is 426 g/mol. The molecule has 30 heavy (non-hydrogen) atoms. The minimum atomic E-state index is -1.22. The molecule has 8 heteroatoms. The molecule has 0 radical (unpaired) electrons. The molecule has 1 atom stereocenters. The summed E-state index contributed by atoms with van der Waals surface area (Å²) in [6, 6.07) is 14.4. The van der Waals surface area contributed by atoms with Crippen molar-refractivity contribution in [2.24, 2.45) is 0 Å². The number of nitrogens with zero attached hydrogens (tertiary/aromatic N) is 2. The standard InChI is InChI=1S/C22H16F2N2O2S2/c23-16-6-3-7-17(24)14(16)13-25-18-8-2-1-5-15(18)22(21(25)28)26(10-12-30-22)20(27)19-9-4-11-29-19/h1-9,11H,10,12-13H2/t22-/m0/s1. The number of para-hydroxylation sites is 1. The van der Waals surface area contributed by atoms with E-state index in [2.05, 4.69) is 0 Å². The SMILES string of the molecule is O=C(c1cccs1)N1CCS[C@@]12C(=O)N(Cc1c(F)cccc1F)c1ccccc12. The molecule has 3 heterocycles. The quantitative estimate of drug-likeness (QED) is 0.595. The molecule has 1 saturated heterocycles. The molecule has 0 bridgehead atoms. The smallest absolute Gasteiger partial charge is 0.268 e. The van der Waals surface area contributed by atoms with Crippen LogP contribution in [0.4, 0.5) is 14.5 Å². The number of anilines is 1. The zero-order valence-corrected chi connectivity index (χ0v) is 17.3. The number of hydrogen-bond donors (Lipinski definition) is 0. The van der Waals surface area contributed by atoms with Crippen LogP contribution >= 0.6 is 23.1 Å². The fourth-order valence-corrected chi connectivity index (χ4v) is 6.23. The summed E-state index contributed by atoms with van der Waals surface area (Å²) in [4.78, 5) is 29.3. The van der Waals surface area contributed by atoms with Gasteiger partial charge >= 0.3 is 0 Å². The van der Waals surface area contributed by atoms with E-state index >= 15 is 0 Å². The zero-order valence-electron chi connectivity index (χ0n) is 15.7. The summed E-state index contributed by atoms with van der Waals surface area (Å²) in [5.41, 5.74) is 1.08. The highest BCUT2D eigenvalue weighted by molar-refractivity contribution is 8.01. The lowest BCUT2D eigenvalue weighted by molar-refractivity contribution is -0.123. The van der Waals surface area contributed by atoms with Crippen LogP contribution < -0.4 is 4.90 Å². The number of carbonyl (C=O) groups is 2. The second-order valence-electron chi connectivity index (χ2n) is 7.04. The highest BCUT2D eigenvalue weighted by atomic mass is 32.2. The predicted octanol–water partition coefficient (Wildman–Crippen LogP) is 4.62. The van der Waals surface area contributed by atoms with Gasteiger partial charge in [-0.2, -0.15) is 0 Å². The summed E-state index contributed by atoms with van der Waals surface area (Å²) in [6.45, 7) is 0.182. The molecule has 4 nitrogen and oxygen atoms in total. The molecule has 2 amide bonds. The van der Waals surface area contributed by atoms with E-state index in [9.17, 15) is 18.4 Å². The van der Waals surface area contributed by atoms with Gasteiger partial charge in [-0.05, 0) is 29.6 Å². The lowest BCUT2D eigenvalue weighted by Crippen LogP contribution is -2.50. The van der Waals surface area contributed by atoms with Gasteiger partial charge in [0.2, 0.25) is 0 Å². The molecule has 0 unspecified atom stereocenters. The molecule has 3 aromatic rings. The average molecular weight is 443 g/mol.